The molecule has 7 heteroatoms. The lowest BCUT2D eigenvalue weighted by Crippen LogP contribution is -1.99. The van der Waals surface area contributed by atoms with Gasteiger partial charge in [0.25, 0.3) is 0 Å². The Morgan fingerprint density at radius 3 is 2.29 bits per heavy atom. The first-order chi connectivity index (χ1) is 8.04. The second-order valence-electron chi connectivity index (χ2n) is 3.28. The Kier molecular flexibility index (Phi) is 3.39. The largest absolute Gasteiger partial charge is 0.398 e. The first kappa shape index (κ1) is 12.0. The summed E-state index contributed by atoms with van der Waals surface area (Å²) in [6, 6.07) is 7.08. The van der Waals surface area contributed by atoms with Gasteiger partial charge < -0.3 is 17.2 Å². The zero-order chi connectivity index (χ0) is 12.4. The molecule has 0 aliphatic heterocycles. The molecule has 1 aromatic carbocycles. The molecule has 0 bridgehead atoms. The van der Waals surface area contributed by atoms with Crippen LogP contribution in [0.15, 0.2) is 38.8 Å². The highest BCUT2D eigenvalue weighted by molar-refractivity contribution is 9.10. The van der Waals surface area contributed by atoms with Gasteiger partial charge >= 0.3 is 0 Å². The third-order valence-corrected chi connectivity index (χ3v) is 3.35. The minimum atomic E-state index is 0.341. The van der Waals surface area contributed by atoms with Crippen LogP contribution in [-0.2, 0) is 0 Å². The van der Waals surface area contributed by atoms with Gasteiger partial charge in [-0.1, -0.05) is 15.9 Å². The second-order valence-corrected chi connectivity index (χ2v) is 5.21. The molecule has 0 saturated heterocycles. The van der Waals surface area contributed by atoms with Gasteiger partial charge in [-0.15, -0.1) is 0 Å². The number of nitrogens with zero attached hydrogens (tertiary/aromatic N) is 2. The summed E-state index contributed by atoms with van der Waals surface area (Å²) in [4.78, 5) is 9.01. The third-order valence-electron chi connectivity index (χ3n) is 1.92. The number of nitrogens with two attached hydrogens (primary N) is 3. The summed E-state index contributed by atoms with van der Waals surface area (Å²) >= 11 is 4.70. The molecule has 0 saturated carbocycles. The summed E-state index contributed by atoms with van der Waals surface area (Å²) in [5.41, 5.74) is 17.7. The molecule has 0 atom stereocenters. The molecule has 2 aromatic rings. The molecule has 2 rings (SSSR count). The summed E-state index contributed by atoms with van der Waals surface area (Å²) in [6.45, 7) is 0. The van der Waals surface area contributed by atoms with Crippen molar-refractivity contribution >= 4 is 45.0 Å². The zero-order valence-corrected chi connectivity index (χ0v) is 11.1. The number of rotatable bonds is 2. The number of hydrogen-bond acceptors (Lipinski definition) is 6. The molecule has 5 nitrogen and oxygen atoms in total. The van der Waals surface area contributed by atoms with Crippen molar-refractivity contribution in [2.45, 2.75) is 10.1 Å². The van der Waals surface area contributed by atoms with Crippen LogP contribution in [0.3, 0.4) is 0 Å². The van der Waals surface area contributed by atoms with E-state index in [0.29, 0.717) is 22.5 Å². The molecule has 6 N–H and O–H groups in total. The van der Waals surface area contributed by atoms with Gasteiger partial charge in [0.15, 0.2) is 5.16 Å². The number of benzene rings is 1. The molecule has 0 radical (unpaired) electrons. The zero-order valence-electron chi connectivity index (χ0n) is 8.72. The maximum Gasteiger partial charge on any atom is 0.196 e. The summed E-state index contributed by atoms with van der Waals surface area (Å²) < 4.78 is 0.936. The molecule has 0 fully saturated rings. The van der Waals surface area contributed by atoms with Gasteiger partial charge in [-0.25, -0.2) is 9.97 Å². The predicted molar refractivity (Wildman–Crippen MR) is 73.5 cm³/mol. The number of anilines is 3. The van der Waals surface area contributed by atoms with E-state index >= 15 is 0 Å². The van der Waals surface area contributed by atoms with E-state index in [1.54, 1.807) is 0 Å². The predicted octanol–water partition coefficient (Wildman–Crippen LogP) is 2.14. The number of hydrogen-bond donors (Lipinski definition) is 3. The summed E-state index contributed by atoms with van der Waals surface area (Å²) in [5.74, 6) is 0.683. The van der Waals surface area contributed by atoms with Crippen molar-refractivity contribution in [2.24, 2.45) is 0 Å². The van der Waals surface area contributed by atoms with Gasteiger partial charge in [0.2, 0.25) is 0 Å². The Morgan fingerprint density at radius 1 is 1.00 bits per heavy atom. The van der Waals surface area contributed by atoms with Gasteiger partial charge in [-0.3, -0.25) is 0 Å². The quantitative estimate of drug-likeness (QED) is 0.580. The summed E-state index contributed by atoms with van der Waals surface area (Å²) in [7, 11) is 0. The van der Waals surface area contributed by atoms with E-state index in [1.807, 2.05) is 18.2 Å². The standard InChI is InChI=1S/C10H10BrN5S/c11-5-1-2-6(12)7(3-5)17-10-15-8(13)4-9(14)16-10/h1-4H,12H2,(H4,13,14,15,16). The van der Waals surface area contributed by atoms with E-state index in [2.05, 4.69) is 25.9 Å². The summed E-state index contributed by atoms with van der Waals surface area (Å²) in [6.07, 6.45) is 0. The van der Waals surface area contributed by atoms with Crippen LogP contribution in [-0.4, -0.2) is 9.97 Å². The maximum atomic E-state index is 5.85. The maximum absolute atomic E-state index is 5.85. The van der Waals surface area contributed by atoms with Crippen LogP contribution in [0.5, 0.6) is 0 Å². The molecular weight excluding hydrogens is 302 g/mol. The van der Waals surface area contributed by atoms with Crippen molar-refractivity contribution in [3.8, 4) is 0 Å². The summed E-state index contributed by atoms with van der Waals surface area (Å²) in [5, 5.41) is 0.479. The molecule has 1 aromatic heterocycles. The molecule has 88 valence electrons. The highest BCUT2D eigenvalue weighted by Crippen LogP contribution is 2.32. The number of nitrogen functional groups attached to an aromatic ring is 3. The van der Waals surface area contributed by atoms with Crippen molar-refractivity contribution < 1.29 is 0 Å². The highest BCUT2D eigenvalue weighted by atomic mass is 79.9. The molecule has 0 aliphatic rings. The Hall–Kier alpha value is -1.47. The SMILES string of the molecule is Nc1cc(N)nc(Sc2cc(Br)ccc2N)n1. The minimum absolute atomic E-state index is 0.341. The first-order valence-electron chi connectivity index (χ1n) is 4.67. The monoisotopic (exact) mass is 311 g/mol. The van der Waals surface area contributed by atoms with Gasteiger partial charge in [-0.2, -0.15) is 0 Å². The van der Waals surface area contributed by atoms with Crippen molar-refractivity contribution in [1.29, 1.82) is 0 Å². The van der Waals surface area contributed by atoms with Gasteiger partial charge in [-0.05, 0) is 30.0 Å². The highest BCUT2D eigenvalue weighted by Gasteiger charge is 2.06. The van der Waals surface area contributed by atoms with E-state index < -0.39 is 0 Å². The number of aromatic nitrogens is 2. The van der Waals surface area contributed by atoms with Crippen molar-refractivity contribution in [1.82, 2.24) is 9.97 Å². The lowest BCUT2D eigenvalue weighted by atomic mass is 10.3. The van der Waals surface area contributed by atoms with Crippen LogP contribution in [0, 0.1) is 0 Å². The number of halogens is 1. The topological polar surface area (TPSA) is 104 Å². The minimum Gasteiger partial charge on any atom is -0.398 e. The third kappa shape index (κ3) is 3.01. The van der Waals surface area contributed by atoms with E-state index in [-0.39, 0.29) is 0 Å². The molecule has 17 heavy (non-hydrogen) atoms. The fraction of sp³-hybridized carbons (Fsp3) is 0. The fourth-order valence-corrected chi connectivity index (χ4v) is 2.59. The van der Waals surface area contributed by atoms with E-state index in [0.717, 1.165) is 9.37 Å². The Morgan fingerprint density at radius 2 is 1.65 bits per heavy atom. The van der Waals surface area contributed by atoms with Crippen molar-refractivity contribution in [2.75, 3.05) is 17.2 Å². The van der Waals surface area contributed by atoms with Crippen LogP contribution < -0.4 is 17.2 Å². The molecule has 0 unspecified atom stereocenters. The molecule has 0 amide bonds. The van der Waals surface area contributed by atoms with Crippen LogP contribution in [0.2, 0.25) is 0 Å². The fourth-order valence-electron chi connectivity index (χ4n) is 1.20. The van der Waals surface area contributed by atoms with Crippen molar-refractivity contribution in [3.63, 3.8) is 0 Å². The average molecular weight is 312 g/mol. The second kappa shape index (κ2) is 4.80. The smallest absolute Gasteiger partial charge is 0.196 e. The van der Waals surface area contributed by atoms with Crippen LogP contribution in [0.4, 0.5) is 17.3 Å². The van der Waals surface area contributed by atoms with Crippen molar-refractivity contribution in [3.05, 3.63) is 28.7 Å². The molecule has 0 spiro atoms. The van der Waals surface area contributed by atoms with E-state index in [9.17, 15) is 0 Å². The van der Waals surface area contributed by atoms with E-state index in [4.69, 9.17) is 17.2 Å². The van der Waals surface area contributed by atoms with Crippen LogP contribution in [0.25, 0.3) is 0 Å². The first-order valence-corrected chi connectivity index (χ1v) is 6.28. The van der Waals surface area contributed by atoms with Crippen LogP contribution in [0.1, 0.15) is 0 Å². The Bertz CT molecular complexity index is 540. The molecular formula is C10H10BrN5S. The van der Waals surface area contributed by atoms with Crippen LogP contribution >= 0.6 is 27.7 Å². The lowest BCUT2D eigenvalue weighted by Gasteiger charge is -2.05. The average Bonchev–Trinajstić information content (AvgIpc) is 2.22. The molecule has 0 aliphatic carbocycles. The Labute approximate surface area is 111 Å². The molecule has 1 heterocycles. The van der Waals surface area contributed by atoms with Gasteiger partial charge in [0.05, 0.1) is 0 Å². The Balaban J connectivity index is 2.34. The van der Waals surface area contributed by atoms with Gasteiger partial charge in [0, 0.05) is 21.1 Å². The lowest BCUT2D eigenvalue weighted by molar-refractivity contribution is 0.985. The normalized spacial score (nSPS) is 10.4. The van der Waals surface area contributed by atoms with E-state index in [1.165, 1.54) is 17.8 Å². The van der Waals surface area contributed by atoms with Gasteiger partial charge in [0.1, 0.15) is 11.6 Å².